The Morgan fingerprint density at radius 3 is 2.45 bits per heavy atom. The molecule has 2 heterocycles. The number of anilines is 1. The van der Waals surface area contributed by atoms with Crippen molar-refractivity contribution in [1.82, 2.24) is 14.3 Å². The van der Waals surface area contributed by atoms with Gasteiger partial charge in [0.25, 0.3) is 0 Å². The average Bonchev–Trinajstić information content (AvgIpc) is 3.40. The van der Waals surface area contributed by atoms with Crippen molar-refractivity contribution < 1.29 is 9.18 Å². The van der Waals surface area contributed by atoms with E-state index in [9.17, 15) is 9.18 Å². The molecule has 0 unspecified atom stereocenters. The van der Waals surface area contributed by atoms with E-state index < -0.39 is 0 Å². The van der Waals surface area contributed by atoms with Gasteiger partial charge in [-0.2, -0.15) is 5.10 Å². The highest BCUT2D eigenvalue weighted by molar-refractivity contribution is 7.99. The Hall–Kier alpha value is -3.32. The van der Waals surface area contributed by atoms with Gasteiger partial charge in [-0.3, -0.25) is 4.79 Å². The third-order valence-electron chi connectivity index (χ3n) is 4.29. The lowest BCUT2D eigenvalue weighted by atomic mass is 10.3. The van der Waals surface area contributed by atoms with E-state index in [4.69, 9.17) is 0 Å². The minimum atomic E-state index is -0.328. The van der Waals surface area contributed by atoms with Crippen molar-refractivity contribution in [2.24, 2.45) is 0 Å². The van der Waals surface area contributed by atoms with Gasteiger partial charge in [0.05, 0.1) is 17.6 Å². The maximum absolute atomic E-state index is 13.0. The Bertz CT molecular complexity index is 1080. The molecule has 1 N–H and O–H groups in total. The van der Waals surface area contributed by atoms with Crippen LogP contribution < -0.4 is 5.32 Å². The van der Waals surface area contributed by atoms with Crippen molar-refractivity contribution in [3.05, 3.63) is 96.7 Å². The van der Waals surface area contributed by atoms with E-state index in [1.165, 1.54) is 23.9 Å². The second-order valence-corrected chi connectivity index (χ2v) is 7.36. The number of carbonyl (C=O) groups is 1. The Labute approximate surface area is 172 Å². The number of nitrogens with zero attached hydrogens (tertiary/aromatic N) is 3. The summed E-state index contributed by atoms with van der Waals surface area (Å²) >= 11 is 1.50. The van der Waals surface area contributed by atoms with Crippen LogP contribution >= 0.6 is 11.8 Å². The minimum Gasteiger partial charge on any atom is -0.325 e. The average molecular weight is 406 g/mol. The molecule has 29 heavy (non-hydrogen) atoms. The molecular formula is C22H19FN4OS. The molecule has 0 aliphatic heterocycles. The van der Waals surface area contributed by atoms with Gasteiger partial charge in [-0.25, -0.2) is 9.07 Å². The molecule has 0 bridgehead atoms. The number of benzene rings is 2. The number of amides is 1. The molecule has 1 amide bonds. The van der Waals surface area contributed by atoms with Crippen LogP contribution in [0.2, 0.25) is 0 Å². The van der Waals surface area contributed by atoms with E-state index in [0.29, 0.717) is 17.2 Å². The molecule has 7 heteroatoms. The second-order valence-electron chi connectivity index (χ2n) is 6.38. The molecule has 0 saturated carbocycles. The van der Waals surface area contributed by atoms with Gasteiger partial charge in [0.2, 0.25) is 5.91 Å². The summed E-state index contributed by atoms with van der Waals surface area (Å²) in [6, 6.07) is 19.6. The van der Waals surface area contributed by atoms with E-state index in [0.717, 1.165) is 17.1 Å². The summed E-state index contributed by atoms with van der Waals surface area (Å²) in [4.78, 5) is 12.2. The molecule has 146 valence electrons. The first kappa shape index (κ1) is 19.0. The van der Waals surface area contributed by atoms with Crippen molar-refractivity contribution in [3.63, 3.8) is 0 Å². The summed E-state index contributed by atoms with van der Waals surface area (Å²) in [5.41, 5.74) is 2.59. The number of aromatic nitrogens is 3. The van der Waals surface area contributed by atoms with Crippen LogP contribution in [0.25, 0.3) is 11.5 Å². The Morgan fingerprint density at radius 1 is 1.00 bits per heavy atom. The lowest BCUT2D eigenvalue weighted by molar-refractivity contribution is -0.113. The van der Waals surface area contributed by atoms with Crippen LogP contribution in [0, 0.1) is 5.82 Å². The summed E-state index contributed by atoms with van der Waals surface area (Å²) in [7, 11) is 0. The Balaban J connectivity index is 1.45. The smallest absolute Gasteiger partial charge is 0.234 e. The molecule has 0 radical (unpaired) electrons. The summed E-state index contributed by atoms with van der Waals surface area (Å²) < 4.78 is 16.9. The van der Waals surface area contributed by atoms with Crippen LogP contribution in [-0.4, -0.2) is 26.0 Å². The zero-order chi connectivity index (χ0) is 20.1. The maximum atomic E-state index is 13.0. The van der Waals surface area contributed by atoms with Crippen LogP contribution in [-0.2, 0) is 10.5 Å². The number of carbonyl (C=O) groups excluding carboxylic acids is 1. The number of rotatable bonds is 7. The molecule has 0 spiro atoms. The molecule has 0 atom stereocenters. The first-order valence-corrected chi connectivity index (χ1v) is 10.2. The van der Waals surface area contributed by atoms with Crippen molar-refractivity contribution in [3.8, 4) is 11.5 Å². The van der Waals surface area contributed by atoms with Gasteiger partial charge >= 0.3 is 0 Å². The summed E-state index contributed by atoms with van der Waals surface area (Å²) in [5, 5.41) is 7.34. The first-order valence-electron chi connectivity index (χ1n) is 9.09. The molecule has 0 saturated heterocycles. The summed E-state index contributed by atoms with van der Waals surface area (Å²) in [6.07, 6.45) is 5.80. The largest absolute Gasteiger partial charge is 0.325 e. The van der Waals surface area contributed by atoms with Crippen LogP contribution in [0.4, 0.5) is 10.1 Å². The number of hydrogen-bond donors (Lipinski definition) is 1. The van der Waals surface area contributed by atoms with Crippen molar-refractivity contribution in [2.45, 2.75) is 5.75 Å². The molecule has 5 nitrogen and oxygen atoms in total. The molecule has 2 aromatic carbocycles. The van der Waals surface area contributed by atoms with Crippen LogP contribution in [0.3, 0.4) is 0 Å². The van der Waals surface area contributed by atoms with Gasteiger partial charge in [0.1, 0.15) is 11.6 Å². The number of nitrogens with one attached hydrogen (secondary N) is 1. The molecule has 0 aliphatic rings. The van der Waals surface area contributed by atoms with E-state index >= 15 is 0 Å². The van der Waals surface area contributed by atoms with Crippen LogP contribution in [0.5, 0.6) is 0 Å². The number of thioether (sulfide) groups is 1. The maximum Gasteiger partial charge on any atom is 0.234 e. The molecule has 0 aliphatic carbocycles. The topological polar surface area (TPSA) is 51.9 Å². The van der Waals surface area contributed by atoms with E-state index in [2.05, 4.69) is 10.4 Å². The lowest BCUT2D eigenvalue weighted by Crippen LogP contribution is -2.14. The van der Waals surface area contributed by atoms with Crippen molar-refractivity contribution in [2.75, 3.05) is 11.1 Å². The highest BCUT2D eigenvalue weighted by Crippen LogP contribution is 2.23. The molecular weight excluding hydrogens is 387 g/mol. The van der Waals surface area contributed by atoms with E-state index in [1.807, 2.05) is 70.3 Å². The predicted octanol–water partition coefficient (Wildman–Crippen LogP) is 4.67. The molecule has 0 fully saturated rings. The normalized spacial score (nSPS) is 10.8. The zero-order valence-corrected chi connectivity index (χ0v) is 16.3. The summed E-state index contributed by atoms with van der Waals surface area (Å²) in [6.45, 7) is 0. The van der Waals surface area contributed by atoms with Crippen LogP contribution in [0.15, 0.2) is 85.3 Å². The number of halogens is 1. The SMILES string of the molecule is O=C(CSCc1cnn(-c2ccccc2)c1-n1cccc1)Nc1ccc(F)cc1. The number of hydrogen-bond acceptors (Lipinski definition) is 3. The molecule has 4 rings (SSSR count). The third-order valence-corrected chi connectivity index (χ3v) is 5.27. The van der Waals surface area contributed by atoms with E-state index in [1.54, 1.807) is 12.1 Å². The van der Waals surface area contributed by atoms with Gasteiger partial charge < -0.3 is 9.88 Å². The lowest BCUT2D eigenvalue weighted by Gasteiger charge is -2.11. The molecule has 4 aromatic rings. The fourth-order valence-electron chi connectivity index (χ4n) is 2.97. The summed E-state index contributed by atoms with van der Waals surface area (Å²) in [5.74, 6) is 1.42. The van der Waals surface area contributed by atoms with Crippen molar-refractivity contribution >= 4 is 23.4 Å². The Morgan fingerprint density at radius 2 is 1.72 bits per heavy atom. The first-order chi connectivity index (χ1) is 14.2. The second kappa shape index (κ2) is 8.79. The fourth-order valence-corrected chi connectivity index (χ4v) is 3.75. The number of para-hydroxylation sites is 1. The van der Waals surface area contributed by atoms with Gasteiger partial charge in [-0.05, 0) is 48.5 Å². The minimum absolute atomic E-state index is 0.125. The monoisotopic (exact) mass is 406 g/mol. The van der Waals surface area contributed by atoms with Gasteiger partial charge in [-0.1, -0.05) is 18.2 Å². The third kappa shape index (κ3) is 4.57. The highest BCUT2D eigenvalue weighted by atomic mass is 32.2. The van der Waals surface area contributed by atoms with Gasteiger partial charge in [0, 0.05) is 29.4 Å². The predicted molar refractivity (Wildman–Crippen MR) is 114 cm³/mol. The Kier molecular flexibility index (Phi) is 5.76. The van der Waals surface area contributed by atoms with Gasteiger partial charge in [0.15, 0.2) is 0 Å². The van der Waals surface area contributed by atoms with Gasteiger partial charge in [-0.15, -0.1) is 11.8 Å². The van der Waals surface area contributed by atoms with Crippen molar-refractivity contribution in [1.29, 1.82) is 0 Å². The quantitative estimate of drug-likeness (QED) is 0.485. The van der Waals surface area contributed by atoms with E-state index in [-0.39, 0.29) is 11.7 Å². The fraction of sp³-hybridized carbons (Fsp3) is 0.0909. The zero-order valence-electron chi connectivity index (χ0n) is 15.5. The standard InChI is InChI=1S/C22H19FN4OS/c23-18-8-10-19(11-9-18)25-21(28)16-29-15-17-14-24-27(20-6-2-1-3-7-20)22(17)26-12-4-5-13-26/h1-14H,15-16H2,(H,25,28). The highest BCUT2D eigenvalue weighted by Gasteiger charge is 2.14. The molecule has 2 aromatic heterocycles. The van der Waals surface area contributed by atoms with Crippen LogP contribution in [0.1, 0.15) is 5.56 Å².